The smallest absolute Gasteiger partial charge is 0.251 e. The van der Waals surface area contributed by atoms with Crippen LogP contribution in [0.1, 0.15) is 64.2 Å². The maximum Gasteiger partial charge on any atom is 0.381 e. The molecule has 5 nitrogen and oxygen atoms in total. The van der Waals surface area contributed by atoms with E-state index < -0.39 is 7.75 Å². The molecular weight excluding hydrogens is 326 g/mol. The topological polar surface area (TPSA) is 48.3 Å². The van der Waals surface area contributed by atoms with Crippen molar-refractivity contribution < 1.29 is 8.76 Å². The summed E-state index contributed by atoms with van der Waals surface area (Å²) in [6, 6.07) is 4.04. The van der Waals surface area contributed by atoms with E-state index in [0.29, 0.717) is 12.1 Å². The number of halogens is 1. The van der Waals surface area contributed by atoms with E-state index in [-0.39, 0.29) is 0 Å². The molecule has 0 spiro atoms. The van der Waals surface area contributed by atoms with Gasteiger partial charge in [-0.1, -0.05) is 38.5 Å². The van der Waals surface area contributed by atoms with Crippen molar-refractivity contribution in [2.45, 2.75) is 76.3 Å². The predicted molar refractivity (Wildman–Crippen MR) is 99.7 cm³/mol. The van der Waals surface area contributed by atoms with Gasteiger partial charge in [-0.05, 0) is 53.9 Å². The summed E-state index contributed by atoms with van der Waals surface area (Å²) < 4.78 is 25.7. The van der Waals surface area contributed by atoms with Crippen LogP contribution in [0.15, 0.2) is 9.98 Å². The van der Waals surface area contributed by atoms with Gasteiger partial charge >= 0.3 is 7.75 Å². The van der Waals surface area contributed by atoms with Crippen LogP contribution in [0.2, 0.25) is 0 Å². The monoisotopic (exact) mass is 360 g/mol. The van der Waals surface area contributed by atoms with Gasteiger partial charge in [-0.25, -0.2) is 19.3 Å². The molecule has 0 bridgehead atoms. The van der Waals surface area contributed by atoms with E-state index in [9.17, 15) is 8.76 Å². The van der Waals surface area contributed by atoms with E-state index in [1.54, 1.807) is 0 Å². The highest BCUT2D eigenvalue weighted by atomic mass is 31.2. The van der Waals surface area contributed by atoms with Crippen molar-refractivity contribution in [2.24, 2.45) is 9.98 Å². The molecule has 0 heterocycles. The molecule has 0 aromatic rings. The normalized spacial score (nSPS) is 20.3. The van der Waals surface area contributed by atoms with Gasteiger partial charge in [-0.15, -0.1) is 0 Å². The quantitative estimate of drug-likeness (QED) is 0.523. The lowest BCUT2D eigenvalue weighted by Crippen LogP contribution is -2.17. The summed E-state index contributed by atoms with van der Waals surface area (Å²) in [5.74, 6) is 0. The molecule has 0 atom stereocenters. The van der Waals surface area contributed by atoms with Crippen molar-refractivity contribution in [1.82, 2.24) is 9.34 Å². The Hall–Kier alpha value is -0.540. The number of rotatable bonds is 4. The molecule has 24 heavy (non-hydrogen) atoms. The Labute approximate surface area is 147 Å². The Morgan fingerprint density at radius 1 is 0.792 bits per heavy atom. The maximum atomic E-state index is 12.7. The minimum Gasteiger partial charge on any atom is -0.251 e. The number of aliphatic imine (C=N–C) groups is 2. The zero-order valence-corrected chi connectivity index (χ0v) is 16.6. The van der Waals surface area contributed by atoms with Crippen molar-refractivity contribution in [3.8, 4) is 0 Å². The van der Waals surface area contributed by atoms with E-state index in [2.05, 4.69) is 16.0 Å². The average molecular weight is 360 g/mol. The first-order valence-corrected chi connectivity index (χ1v) is 10.6. The van der Waals surface area contributed by atoms with Gasteiger partial charge in [0.1, 0.15) is 0 Å². The van der Waals surface area contributed by atoms with E-state index >= 15 is 0 Å². The fraction of sp³-hybridized carbons (Fsp3) is 0.941. The van der Waals surface area contributed by atoms with Crippen LogP contribution in [0.3, 0.4) is 0 Å². The molecule has 0 amide bonds. The predicted octanol–water partition coefficient (Wildman–Crippen LogP) is 5.01. The van der Waals surface area contributed by atoms with Crippen LogP contribution in [-0.2, 0) is 4.57 Å². The number of nitrogens with zero attached hydrogens (tertiary/aromatic N) is 4. The Morgan fingerprint density at radius 3 is 1.38 bits per heavy atom. The van der Waals surface area contributed by atoms with Crippen LogP contribution in [0.25, 0.3) is 0 Å². The molecule has 2 aliphatic carbocycles. The van der Waals surface area contributed by atoms with E-state index in [1.165, 1.54) is 92.4 Å². The standard InChI is InChI=1S/C13H22N2.C4H12FN2OP/c1-3-7-12(8-4-1)14-11-15-13-9-5-2-6-10-13;1-6(2)9(5,8)7(3)4/h12-13H,1-10H2;1-4H3. The van der Waals surface area contributed by atoms with Gasteiger partial charge in [0, 0.05) is 0 Å². The molecule has 0 saturated heterocycles. The van der Waals surface area contributed by atoms with Crippen LogP contribution in [0, 0.1) is 0 Å². The first-order valence-electron chi connectivity index (χ1n) is 9.14. The summed E-state index contributed by atoms with van der Waals surface area (Å²) >= 11 is 0. The van der Waals surface area contributed by atoms with Crippen LogP contribution in [-0.4, -0.2) is 55.6 Å². The highest BCUT2D eigenvalue weighted by Gasteiger charge is 2.26. The lowest BCUT2D eigenvalue weighted by molar-refractivity contribution is 0.399. The zero-order valence-electron chi connectivity index (χ0n) is 15.7. The largest absolute Gasteiger partial charge is 0.381 e. The van der Waals surface area contributed by atoms with Gasteiger partial charge in [0.15, 0.2) is 0 Å². The molecular formula is C17H34FN4OP. The van der Waals surface area contributed by atoms with Gasteiger partial charge in [0.25, 0.3) is 0 Å². The Kier molecular flexibility index (Phi) is 9.99. The molecule has 2 fully saturated rings. The van der Waals surface area contributed by atoms with Gasteiger partial charge < -0.3 is 0 Å². The molecule has 0 N–H and O–H groups in total. The zero-order chi connectivity index (χ0) is 18.0. The second-order valence-corrected chi connectivity index (χ2v) is 9.66. The maximum absolute atomic E-state index is 12.7. The molecule has 0 radical (unpaired) electrons. The minimum atomic E-state index is -3.67. The second kappa shape index (κ2) is 11.1. The average Bonchev–Trinajstić information content (AvgIpc) is 2.57. The number of hydrogen-bond acceptors (Lipinski definition) is 3. The highest BCUT2D eigenvalue weighted by molar-refractivity contribution is 7.53. The Bertz CT molecular complexity index is 418. The Morgan fingerprint density at radius 2 is 1.12 bits per heavy atom. The molecule has 7 heteroatoms. The summed E-state index contributed by atoms with van der Waals surface area (Å²) in [5.41, 5.74) is 0. The van der Waals surface area contributed by atoms with Crippen LogP contribution in [0.4, 0.5) is 4.20 Å². The first kappa shape index (κ1) is 21.5. The fourth-order valence-corrected chi connectivity index (χ4v) is 3.69. The second-order valence-electron chi connectivity index (χ2n) is 7.11. The molecule has 0 aromatic carbocycles. The van der Waals surface area contributed by atoms with Crippen LogP contribution in [0.5, 0.6) is 0 Å². The van der Waals surface area contributed by atoms with Crippen molar-refractivity contribution in [1.29, 1.82) is 0 Å². The fourth-order valence-electron chi connectivity index (χ4n) is 2.97. The van der Waals surface area contributed by atoms with Gasteiger partial charge in [-0.2, -0.15) is 4.20 Å². The van der Waals surface area contributed by atoms with E-state index in [1.807, 2.05) is 0 Å². The van der Waals surface area contributed by atoms with Gasteiger partial charge in [-0.3, -0.25) is 4.57 Å². The minimum absolute atomic E-state index is 0.533. The van der Waals surface area contributed by atoms with E-state index in [4.69, 9.17) is 0 Å². The van der Waals surface area contributed by atoms with Gasteiger partial charge in [0.2, 0.25) is 0 Å². The van der Waals surface area contributed by atoms with E-state index in [0.717, 1.165) is 9.34 Å². The van der Waals surface area contributed by atoms with Crippen molar-refractivity contribution >= 4 is 13.8 Å². The van der Waals surface area contributed by atoms with Crippen molar-refractivity contribution in [2.75, 3.05) is 28.2 Å². The molecule has 0 unspecified atom stereocenters. The SMILES string of the molecule is C(=NC1CCCCC1)=NC1CCCCC1.CN(C)P(=O)(F)N(C)C. The van der Waals surface area contributed by atoms with Gasteiger partial charge in [0.05, 0.1) is 18.1 Å². The van der Waals surface area contributed by atoms with Crippen molar-refractivity contribution in [3.05, 3.63) is 0 Å². The lowest BCUT2D eigenvalue weighted by Gasteiger charge is -2.21. The lowest BCUT2D eigenvalue weighted by atomic mass is 9.96. The molecule has 140 valence electrons. The summed E-state index contributed by atoms with van der Waals surface area (Å²) in [5, 5.41) is 0. The third-order valence-corrected chi connectivity index (χ3v) is 6.59. The summed E-state index contributed by atoms with van der Waals surface area (Å²) in [6.45, 7) is 0. The number of hydrogen-bond donors (Lipinski definition) is 0. The van der Waals surface area contributed by atoms with Crippen molar-refractivity contribution in [3.63, 3.8) is 0 Å². The molecule has 2 rings (SSSR count). The molecule has 0 aliphatic heterocycles. The molecule has 2 saturated carbocycles. The summed E-state index contributed by atoms with van der Waals surface area (Å²) in [6.07, 6.45) is 13.2. The summed E-state index contributed by atoms with van der Waals surface area (Å²) in [4.78, 5) is 8.92. The van der Waals surface area contributed by atoms with Crippen LogP contribution < -0.4 is 0 Å². The highest BCUT2D eigenvalue weighted by Crippen LogP contribution is 2.50. The summed E-state index contributed by atoms with van der Waals surface area (Å²) in [7, 11) is 2.11. The Balaban J connectivity index is 0.000000277. The molecule has 0 aromatic heterocycles. The van der Waals surface area contributed by atoms with Crippen LogP contribution >= 0.6 is 7.75 Å². The third-order valence-electron chi connectivity index (χ3n) is 4.62. The first-order chi connectivity index (χ1) is 11.3. The third kappa shape index (κ3) is 8.02. The molecule has 2 aliphatic rings.